The molecular weight excluding hydrogens is 378 g/mol. The maximum atomic E-state index is 12.7. The minimum Gasteiger partial charge on any atom is -0.322 e. The molecule has 0 saturated carbocycles. The van der Waals surface area contributed by atoms with Crippen LogP contribution in [-0.2, 0) is 10.0 Å². The zero-order valence-corrected chi connectivity index (χ0v) is 16.6. The van der Waals surface area contributed by atoms with Crippen LogP contribution in [-0.4, -0.2) is 24.8 Å². The lowest BCUT2D eigenvalue weighted by Gasteiger charge is -2.20. The molecule has 0 radical (unpaired) electrons. The molecule has 3 rings (SSSR count). The average molecular weight is 399 g/mol. The predicted octanol–water partition coefficient (Wildman–Crippen LogP) is 2.86. The minimum absolute atomic E-state index is 0.0380. The number of amides is 1. The van der Waals surface area contributed by atoms with Crippen LogP contribution >= 0.6 is 0 Å². The number of hydrogen-bond donors (Lipinski definition) is 3. The van der Waals surface area contributed by atoms with E-state index < -0.39 is 27.0 Å². The summed E-state index contributed by atoms with van der Waals surface area (Å²) < 4.78 is 27.6. The van der Waals surface area contributed by atoms with E-state index in [1.165, 1.54) is 18.2 Å². The van der Waals surface area contributed by atoms with Gasteiger partial charge in [-0.1, -0.05) is 24.3 Å². The van der Waals surface area contributed by atoms with Crippen molar-refractivity contribution in [3.8, 4) is 0 Å². The molecule has 0 fully saturated rings. The van der Waals surface area contributed by atoms with Gasteiger partial charge in [0.15, 0.2) is 0 Å². The van der Waals surface area contributed by atoms with Crippen molar-refractivity contribution in [2.45, 2.75) is 31.2 Å². The van der Waals surface area contributed by atoms with Gasteiger partial charge in [-0.15, -0.1) is 0 Å². The second-order valence-corrected chi connectivity index (χ2v) is 9.11. The molecule has 3 N–H and O–H groups in total. The van der Waals surface area contributed by atoms with Gasteiger partial charge in [-0.2, -0.15) is 0 Å². The highest BCUT2D eigenvalue weighted by Gasteiger charge is 2.22. The Morgan fingerprint density at radius 1 is 1.00 bits per heavy atom. The van der Waals surface area contributed by atoms with E-state index in [1.807, 2.05) is 0 Å². The highest BCUT2D eigenvalue weighted by molar-refractivity contribution is 7.89. The molecule has 1 aromatic heterocycles. The maximum Gasteiger partial charge on any atom is 0.256 e. The molecule has 7 nitrogen and oxygen atoms in total. The number of aromatic amines is 1. The van der Waals surface area contributed by atoms with Crippen LogP contribution in [0.1, 0.15) is 31.1 Å². The second-order valence-electron chi connectivity index (χ2n) is 7.43. The number of carbonyl (C=O) groups is 1. The molecule has 28 heavy (non-hydrogen) atoms. The Hall–Kier alpha value is -2.97. The van der Waals surface area contributed by atoms with Crippen LogP contribution in [0.4, 0.5) is 5.69 Å². The number of aromatic nitrogens is 1. The SMILES string of the molecule is CC(C)(C)NS(=O)(=O)c1cccc(NC(=O)c2cc(=O)[nH]c3ccccc23)c1. The molecule has 0 aliphatic heterocycles. The summed E-state index contributed by atoms with van der Waals surface area (Å²) in [4.78, 5) is 27.3. The minimum atomic E-state index is -3.74. The predicted molar refractivity (Wildman–Crippen MR) is 109 cm³/mol. The van der Waals surface area contributed by atoms with E-state index in [0.717, 1.165) is 0 Å². The third-order valence-corrected chi connectivity index (χ3v) is 5.59. The number of fused-ring (bicyclic) bond motifs is 1. The van der Waals surface area contributed by atoms with Gasteiger partial charge in [0, 0.05) is 28.2 Å². The topological polar surface area (TPSA) is 108 Å². The fourth-order valence-electron chi connectivity index (χ4n) is 2.79. The van der Waals surface area contributed by atoms with Crippen molar-refractivity contribution in [1.82, 2.24) is 9.71 Å². The lowest BCUT2D eigenvalue weighted by molar-refractivity contribution is 0.102. The first-order chi connectivity index (χ1) is 13.0. The van der Waals surface area contributed by atoms with Crippen LogP contribution in [0, 0.1) is 0 Å². The molecule has 2 aromatic carbocycles. The van der Waals surface area contributed by atoms with Gasteiger partial charge < -0.3 is 10.3 Å². The number of anilines is 1. The van der Waals surface area contributed by atoms with E-state index in [2.05, 4.69) is 15.0 Å². The number of nitrogens with one attached hydrogen (secondary N) is 3. The molecule has 0 unspecified atom stereocenters. The van der Waals surface area contributed by atoms with E-state index in [0.29, 0.717) is 16.6 Å². The molecule has 0 saturated heterocycles. The summed E-state index contributed by atoms with van der Waals surface area (Å²) in [5.41, 5.74) is 0.0363. The maximum absolute atomic E-state index is 12.7. The molecule has 0 aliphatic carbocycles. The van der Waals surface area contributed by atoms with Gasteiger partial charge in [0.25, 0.3) is 5.91 Å². The van der Waals surface area contributed by atoms with Crippen LogP contribution in [0.15, 0.2) is 64.3 Å². The summed E-state index contributed by atoms with van der Waals surface area (Å²) in [7, 11) is -3.74. The smallest absolute Gasteiger partial charge is 0.256 e. The largest absolute Gasteiger partial charge is 0.322 e. The molecule has 0 atom stereocenters. The summed E-state index contributed by atoms with van der Waals surface area (Å²) in [6.45, 7) is 5.23. The van der Waals surface area contributed by atoms with Crippen molar-refractivity contribution in [2.75, 3.05) is 5.32 Å². The normalized spacial score (nSPS) is 12.1. The van der Waals surface area contributed by atoms with Crippen molar-refractivity contribution >= 4 is 32.5 Å². The summed E-state index contributed by atoms with van der Waals surface area (Å²) >= 11 is 0. The lowest BCUT2D eigenvalue weighted by atomic mass is 10.1. The fourth-order valence-corrected chi connectivity index (χ4v) is 4.26. The van der Waals surface area contributed by atoms with Crippen LogP contribution in [0.5, 0.6) is 0 Å². The van der Waals surface area contributed by atoms with Gasteiger partial charge in [0.2, 0.25) is 15.6 Å². The summed E-state index contributed by atoms with van der Waals surface area (Å²) in [5.74, 6) is -0.499. The zero-order valence-electron chi connectivity index (χ0n) is 15.7. The van der Waals surface area contributed by atoms with Crippen molar-refractivity contribution < 1.29 is 13.2 Å². The number of benzene rings is 2. The third kappa shape index (κ3) is 4.47. The quantitative estimate of drug-likeness (QED) is 0.627. The Balaban J connectivity index is 1.94. The third-order valence-electron chi connectivity index (χ3n) is 3.84. The number of sulfonamides is 1. The van der Waals surface area contributed by atoms with E-state index >= 15 is 0 Å². The number of rotatable bonds is 4. The standard InChI is InChI=1S/C20H21N3O4S/c1-20(2,3)23-28(26,27)14-8-6-7-13(11-14)21-19(25)16-12-18(24)22-17-10-5-4-9-15(16)17/h4-12,23H,1-3H3,(H,21,25)(H,22,24). The first-order valence-electron chi connectivity index (χ1n) is 8.63. The molecule has 0 aliphatic rings. The number of carbonyl (C=O) groups excluding carboxylic acids is 1. The summed E-state index contributed by atoms with van der Waals surface area (Å²) in [5, 5.41) is 3.26. The Labute approximate surface area is 162 Å². The zero-order chi connectivity index (χ0) is 20.5. The Morgan fingerprint density at radius 2 is 1.71 bits per heavy atom. The molecule has 8 heteroatoms. The highest BCUT2D eigenvalue weighted by atomic mass is 32.2. The first kappa shape index (κ1) is 19.8. The van der Waals surface area contributed by atoms with Gasteiger partial charge in [-0.25, -0.2) is 13.1 Å². The van der Waals surface area contributed by atoms with Gasteiger partial charge in [-0.3, -0.25) is 9.59 Å². The summed E-state index contributed by atoms with van der Waals surface area (Å²) in [6, 6.07) is 14.1. The van der Waals surface area contributed by atoms with Crippen molar-refractivity contribution in [3.63, 3.8) is 0 Å². The molecular formula is C20H21N3O4S. The summed E-state index contributed by atoms with van der Waals surface area (Å²) in [6.07, 6.45) is 0. The van der Waals surface area contributed by atoms with Crippen LogP contribution in [0.25, 0.3) is 10.9 Å². The van der Waals surface area contributed by atoms with E-state index in [9.17, 15) is 18.0 Å². The van der Waals surface area contributed by atoms with Gasteiger partial charge in [0.05, 0.1) is 10.5 Å². The molecule has 0 bridgehead atoms. The van der Waals surface area contributed by atoms with E-state index in [-0.39, 0.29) is 10.5 Å². The van der Waals surface area contributed by atoms with E-state index in [1.54, 1.807) is 57.2 Å². The van der Waals surface area contributed by atoms with Gasteiger partial charge in [0.1, 0.15) is 0 Å². The number of hydrogen-bond acceptors (Lipinski definition) is 4. The molecule has 0 spiro atoms. The fraction of sp³-hybridized carbons (Fsp3) is 0.200. The van der Waals surface area contributed by atoms with Crippen molar-refractivity contribution in [2.24, 2.45) is 0 Å². The Bertz CT molecular complexity index is 1210. The van der Waals surface area contributed by atoms with Crippen molar-refractivity contribution in [1.29, 1.82) is 0 Å². The average Bonchev–Trinajstić information content (AvgIpc) is 2.59. The monoisotopic (exact) mass is 399 g/mol. The Morgan fingerprint density at radius 3 is 2.43 bits per heavy atom. The first-order valence-corrected chi connectivity index (χ1v) is 10.1. The number of para-hydroxylation sites is 1. The van der Waals surface area contributed by atoms with Gasteiger partial charge >= 0.3 is 0 Å². The van der Waals surface area contributed by atoms with Crippen LogP contribution in [0.3, 0.4) is 0 Å². The highest BCUT2D eigenvalue weighted by Crippen LogP contribution is 2.20. The van der Waals surface area contributed by atoms with Crippen LogP contribution in [0.2, 0.25) is 0 Å². The molecule has 1 heterocycles. The Kier molecular flexibility index (Phi) is 5.10. The van der Waals surface area contributed by atoms with Crippen molar-refractivity contribution in [3.05, 3.63) is 70.5 Å². The lowest BCUT2D eigenvalue weighted by Crippen LogP contribution is -2.40. The number of pyridine rings is 1. The second kappa shape index (κ2) is 7.21. The number of H-pyrrole nitrogens is 1. The van der Waals surface area contributed by atoms with E-state index in [4.69, 9.17) is 0 Å². The van der Waals surface area contributed by atoms with Crippen LogP contribution < -0.4 is 15.6 Å². The molecule has 3 aromatic rings. The molecule has 1 amide bonds. The van der Waals surface area contributed by atoms with Gasteiger partial charge in [-0.05, 0) is 45.0 Å². The molecule has 146 valence electrons.